The Kier molecular flexibility index (Phi) is 8.30. The van der Waals surface area contributed by atoms with Gasteiger partial charge in [-0.15, -0.1) is 10.0 Å². The molecule has 0 saturated heterocycles. The number of hydrogen-bond acceptors (Lipinski definition) is 0. The molecule has 0 aliphatic carbocycles. The lowest BCUT2D eigenvalue weighted by Gasteiger charge is -2.42. The fourth-order valence-corrected chi connectivity index (χ4v) is 14.3. The van der Waals surface area contributed by atoms with Gasteiger partial charge >= 0.3 is 0 Å². The minimum atomic E-state index is -1.80. The first-order valence-electron chi connectivity index (χ1n) is 21.9. The molecule has 0 aliphatic rings. The second-order valence-electron chi connectivity index (χ2n) is 16.5. The van der Waals surface area contributed by atoms with Gasteiger partial charge in [0.25, 0.3) is 0 Å². The van der Waals surface area contributed by atoms with Gasteiger partial charge in [0.05, 0.1) is 33.1 Å². The number of hydrogen-bond donors (Lipinski definition) is 0. The van der Waals surface area contributed by atoms with Crippen LogP contribution in [0.3, 0.4) is 0 Å². The zero-order valence-electron chi connectivity index (χ0n) is 34.9. The molecule has 13 aromatic rings. The molecule has 13 rings (SSSR count). The van der Waals surface area contributed by atoms with Crippen molar-refractivity contribution in [2.75, 3.05) is 0 Å². The molecule has 0 radical (unpaired) electrons. The summed E-state index contributed by atoms with van der Waals surface area (Å²) in [5.74, 6) is 0. The molecule has 10 aromatic carbocycles. The van der Waals surface area contributed by atoms with Gasteiger partial charge in [0, 0.05) is 69.0 Å². The van der Waals surface area contributed by atoms with Crippen LogP contribution in [-0.4, -0.2) is 13.7 Å². The summed E-state index contributed by atoms with van der Waals surface area (Å²) in [7, 11) is -1.80. The predicted octanol–water partition coefficient (Wildman–Crippen LogP) is 16.3. The van der Waals surface area contributed by atoms with Crippen molar-refractivity contribution >= 4 is 75.4 Å². The Bertz CT molecular complexity index is 3730. The van der Waals surface area contributed by atoms with Crippen molar-refractivity contribution in [3.8, 4) is 17.1 Å². The van der Waals surface area contributed by atoms with E-state index >= 15 is 0 Å². The normalized spacial score (nSPS) is 12.3. The van der Waals surface area contributed by atoms with Crippen molar-refractivity contribution in [3.05, 3.63) is 249 Å². The van der Waals surface area contributed by atoms with E-state index in [1.807, 2.05) is 0 Å². The van der Waals surface area contributed by atoms with Crippen LogP contribution in [0.2, 0.25) is 0 Å². The number of fused-ring (bicyclic) bond motifs is 9. The van der Waals surface area contributed by atoms with Crippen LogP contribution in [0.25, 0.3) is 82.5 Å². The summed E-state index contributed by atoms with van der Waals surface area (Å²) in [5.41, 5.74) is 10.6. The maximum Gasteiger partial charge on any atom is 0.0542 e. The van der Waals surface area contributed by atoms with Crippen LogP contribution in [0, 0.1) is 0 Å². The molecule has 0 aliphatic heterocycles. The molecule has 0 fully saturated rings. The van der Waals surface area contributed by atoms with E-state index in [9.17, 15) is 0 Å². The smallest absolute Gasteiger partial charge is 0.0542 e. The van der Waals surface area contributed by atoms with Crippen LogP contribution in [0.15, 0.2) is 268 Å². The fourth-order valence-electron chi connectivity index (χ4n) is 10.4. The lowest BCUT2D eigenvalue weighted by atomic mass is 10.1. The summed E-state index contributed by atoms with van der Waals surface area (Å²) in [6, 6.07) is 91.8. The predicted molar refractivity (Wildman–Crippen MR) is 269 cm³/mol. The third-order valence-electron chi connectivity index (χ3n) is 13.1. The maximum absolute atomic E-state index is 2.44. The van der Waals surface area contributed by atoms with E-state index < -0.39 is 10.0 Å². The molecule has 302 valence electrons. The largest absolute Gasteiger partial charge is 0.309 e. The Labute approximate surface area is 372 Å². The van der Waals surface area contributed by atoms with Gasteiger partial charge in [0.2, 0.25) is 0 Å². The highest BCUT2D eigenvalue weighted by atomic mass is 32.3. The molecule has 0 bridgehead atoms. The molecule has 3 nitrogen and oxygen atoms in total. The zero-order chi connectivity index (χ0) is 42.2. The van der Waals surface area contributed by atoms with Crippen LogP contribution in [-0.2, 0) is 0 Å². The summed E-state index contributed by atoms with van der Waals surface area (Å²) >= 11 is 0. The van der Waals surface area contributed by atoms with Crippen LogP contribution >= 0.6 is 10.0 Å². The first-order valence-corrected chi connectivity index (χ1v) is 23.6. The second-order valence-corrected chi connectivity index (χ2v) is 19.6. The van der Waals surface area contributed by atoms with E-state index in [0.717, 1.165) is 17.1 Å². The highest BCUT2D eigenvalue weighted by molar-refractivity contribution is 8.34. The highest BCUT2D eigenvalue weighted by Gasteiger charge is 2.33. The van der Waals surface area contributed by atoms with Crippen molar-refractivity contribution in [1.29, 1.82) is 0 Å². The summed E-state index contributed by atoms with van der Waals surface area (Å²) < 4.78 is 7.29. The molecule has 0 unspecified atom stereocenters. The average molecular weight is 836 g/mol. The Morgan fingerprint density at radius 1 is 0.203 bits per heavy atom. The molecule has 0 atom stereocenters. The van der Waals surface area contributed by atoms with E-state index in [1.165, 1.54) is 85.0 Å². The highest BCUT2D eigenvalue weighted by Crippen LogP contribution is 2.73. The molecule has 3 aromatic heterocycles. The van der Waals surface area contributed by atoms with E-state index in [-0.39, 0.29) is 0 Å². The van der Waals surface area contributed by atoms with Gasteiger partial charge in [-0.2, -0.15) is 0 Å². The van der Waals surface area contributed by atoms with Gasteiger partial charge in [-0.1, -0.05) is 127 Å². The number of benzene rings is 10. The van der Waals surface area contributed by atoms with Crippen molar-refractivity contribution in [2.45, 2.75) is 19.6 Å². The van der Waals surface area contributed by atoms with E-state index in [0.29, 0.717) is 0 Å². The topological polar surface area (TPSA) is 14.8 Å². The summed E-state index contributed by atoms with van der Waals surface area (Å²) in [4.78, 5) is 5.25. The molecule has 4 heteroatoms. The van der Waals surface area contributed by atoms with E-state index in [2.05, 4.69) is 262 Å². The number of nitrogens with zero attached hydrogens (tertiary/aromatic N) is 3. The lowest BCUT2D eigenvalue weighted by molar-refractivity contribution is 1.15. The Balaban J connectivity index is 0.974. The van der Waals surface area contributed by atoms with Crippen LogP contribution in [0.1, 0.15) is 0 Å². The molecule has 3 heterocycles. The second kappa shape index (κ2) is 14.5. The number of aromatic nitrogens is 3. The minimum Gasteiger partial charge on any atom is -0.309 e. The van der Waals surface area contributed by atoms with Crippen LogP contribution in [0.4, 0.5) is 0 Å². The molecule has 0 amide bonds. The Morgan fingerprint density at radius 2 is 0.469 bits per heavy atom. The van der Waals surface area contributed by atoms with E-state index in [1.54, 1.807) is 0 Å². The van der Waals surface area contributed by atoms with Crippen molar-refractivity contribution in [3.63, 3.8) is 0 Å². The first-order chi connectivity index (χ1) is 31.8. The van der Waals surface area contributed by atoms with Gasteiger partial charge in [-0.3, -0.25) is 0 Å². The molecule has 0 spiro atoms. The SMILES string of the molecule is c1ccc(S(c2ccccc2)(c2ccccc2)c2ccc(-n3c4ccccc4c4cc(-n5c6ccccc6c6cc(-n7c8ccccc8c8ccccc87)ccc65)ccc43)cc2)cc1. The molecule has 0 saturated carbocycles. The van der Waals surface area contributed by atoms with Gasteiger partial charge < -0.3 is 13.7 Å². The minimum absolute atomic E-state index is 1.14. The van der Waals surface area contributed by atoms with E-state index in [4.69, 9.17) is 0 Å². The van der Waals surface area contributed by atoms with Gasteiger partial charge in [-0.05, 0) is 121 Å². The number of para-hydroxylation sites is 4. The Morgan fingerprint density at radius 3 is 0.844 bits per heavy atom. The number of rotatable bonds is 7. The van der Waals surface area contributed by atoms with Gasteiger partial charge in [0.1, 0.15) is 0 Å². The summed E-state index contributed by atoms with van der Waals surface area (Å²) in [6.07, 6.45) is 0. The first kappa shape index (κ1) is 36.6. The van der Waals surface area contributed by atoms with Crippen molar-refractivity contribution in [2.24, 2.45) is 0 Å². The van der Waals surface area contributed by atoms with Gasteiger partial charge in [-0.25, -0.2) is 0 Å². The van der Waals surface area contributed by atoms with Crippen molar-refractivity contribution in [1.82, 2.24) is 13.7 Å². The third-order valence-corrected chi connectivity index (χ3v) is 17.1. The third kappa shape index (κ3) is 5.36. The quantitative estimate of drug-likeness (QED) is 0.152. The maximum atomic E-state index is 2.44. The van der Waals surface area contributed by atoms with Gasteiger partial charge in [0.15, 0.2) is 0 Å². The summed E-state index contributed by atoms with van der Waals surface area (Å²) in [5, 5.41) is 7.47. The lowest BCUT2D eigenvalue weighted by Crippen LogP contribution is -2.05. The zero-order valence-corrected chi connectivity index (χ0v) is 35.7. The van der Waals surface area contributed by atoms with Crippen molar-refractivity contribution < 1.29 is 0 Å². The molecule has 64 heavy (non-hydrogen) atoms. The molecule has 0 N–H and O–H groups in total. The Hall–Kier alpha value is -8.05. The fraction of sp³-hybridized carbons (Fsp3) is 0. The summed E-state index contributed by atoms with van der Waals surface area (Å²) in [6.45, 7) is 0. The van der Waals surface area contributed by atoms with Crippen LogP contribution in [0.5, 0.6) is 0 Å². The molecular weight excluding hydrogens is 795 g/mol. The molecular formula is C60H41N3S. The average Bonchev–Trinajstić information content (AvgIpc) is 4.01. The standard InChI is InChI=1S/C60H41N3S/c1-4-18-45(19-5-1)64(46-20-6-2-7-21-46,47-22-8-3-9-23-47)48-36-32-42(33-37-48)61-57-30-16-12-26-51(57)53-41-44(34-38-59(53)61)63-58-31-17-13-27-52(58)54-40-43(35-39-60(54)63)62-55-28-14-10-24-49(55)50-25-11-15-29-56(50)62/h1-41H. The monoisotopic (exact) mass is 835 g/mol. The van der Waals surface area contributed by atoms with Crippen LogP contribution < -0.4 is 0 Å².